The van der Waals surface area contributed by atoms with E-state index in [1.54, 1.807) is 6.92 Å². The van der Waals surface area contributed by atoms with E-state index in [1.807, 2.05) is 0 Å². The normalized spacial score (nSPS) is 13.7. The number of hydrogen-bond acceptors (Lipinski definition) is 3. The highest BCUT2D eigenvalue weighted by atomic mass is 19.1. The Morgan fingerprint density at radius 1 is 1.45 bits per heavy atom. The van der Waals surface area contributed by atoms with Crippen molar-refractivity contribution in [2.75, 3.05) is 25.6 Å². The second-order valence-electron chi connectivity index (χ2n) is 4.67. The smallest absolute Gasteiger partial charge is 0.319 e. The zero-order valence-electron chi connectivity index (χ0n) is 11.4. The van der Waals surface area contributed by atoms with Gasteiger partial charge in [0.1, 0.15) is 11.6 Å². The summed E-state index contributed by atoms with van der Waals surface area (Å²) in [6.07, 6.45) is 0.278. The lowest BCUT2D eigenvalue weighted by atomic mass is 10.00. The Bertz CT molecular complexity index is 463. The first kappa shape index (κ1) is 16.3. The van der Waals surface area contributed by atoms with Crippen LogP contribution in [0.4, 0.5) is 19.3 Å². The molecule has 20 heavy (non-hydrogen) atoms. The number of carbonyl (C=O) groups excluding carboxylic acids is 1. The largest absolute Gasteiger partial charge is 0.396 e. The van der Waals surface area contributed by atoms with Crippen molar-refractivity contribution < 1.29 is 23.4 Å². The van der Waals surface area contributed by atoms with Gasteiger partial charge in [0.2, 0.25) is 0 Å². The van der Waals surface area contributed by atoms with Crippen LogP contribution in [0.1, 0.15) is 13.3 Å². The Kier molecular flexibility index (Phi) is 5.84. The summed E-state index contributed by atoms with van der Waals surface area (Å²) in [7, 11) is 1.47. The van der Waals surface area contributed by atoms with Gasteiger partial charge in [0.15, 0.2) is 0 Å². The molecule has 1 aromatic carbocycles. The summed E-state index contributed by atoms with van der Waals surface area (Å²) in [5.41, 5.74) is -0.919. The number of nitrogens with one attached hydrogen (secondary N) is 2. The lowest BCUT2D eigenvalue weighted by Crippen LogP contribution is -2.51. The summed E-state index contributed by atoms with van der Waals surface area (Å²) in [5.74, 6) is -1.59. The van der Waals surface area contributed by atoms with Gasteiger partial charge in [0.25, 0.3) is 0 Å². The maximum atomic E-state index is 13.4. The Balaban J connectivity index is 2.70. The number of hydrogen-bond donors (Lipinski definition) is 3. The number of anilines is 1. The van der Waals surface area contributed by atoms with Gasteiger partial charge in [0.05, 0.1) is 17.8 Å². The first-order chi connectivity index (χ1) is 9.40. The molecule has 0 spiro atoms. The van der Waals surface area contributed by atoms with Crippen molar-refractivity contribution in [2.45, 2.75) is 18.9 Å². The molecule has 0 aliphatic heterocycles. The van der Waals surface area contributed by atoms with E-state index >= 15 is 0 Å². The van der Waals surface area contributed by atoms with Crippen molar-refractivity contribution in [3.8, 4) is 0 Å². The number of urea groups is 1. The van der Waals surface area contributed by atoms with Crippen molar-refractivity contribution in [1.29, 1.82) is 0 Å². The predicted octanol–water partition coefficient (Wildman–Crippen LogP) is 1.87. The van der Waals surface area contributed by atoms with Crippen molar-refractivity contribution in [2.24, 2.45) is 0 Å². The van der Waals surface area contributed by atoms with Gasteiger partial charge in [-0.3, -0.25) is 0 Å². The molecule has 0 bridgehead atoms. The van der Waals surface area contributed by atoms with E-state index in [4.69, 9.17) is 9.84 Å². The first-order valence-electron chi connectivity index (χ1n) is 6.04. The van der Waals surface area contributed by atoms with Gasteiger partial charge < -0.3 is 20.5 Å². The molecular weight excluding hydrogens is 270 g/mol. The first-order valence-corrected chi connectivity index (χ1v) is 6.04. The van der Waals surface area contributed by atoms with Gasteiger partial charge >= 0.3 is 6.03 Å². The number of carbonyl (C=O) groups is 1. The quantitative estimate of drug-likeness (QED) is 0.748. The fourth-order valence-corrected chi connectivity index (χ4v) is 1.75. The molecule has 0 aromatic heterocycles. The minimum absolute atomic E-state index is 0.132. The molecule has 2 amide bonds. The van der Waals surface area contributed by atoms with E-state index in [0.717, 1.165) is 12.1 Å². The van der Waals surface area contributed by atoms with E-state index in [1.165, 1.54) is 7.11 Å². The Labute approximate surface area is 115 Å². The second-order valence-corrected chi connectivity index (χ2v) is 4.67. The standard InChI is InChI=1S/C13H18F2N2O3/c1-13(5-6-18,8-20-2)17-12(19)16-11-4-3-9(14)7-10(11)15/h3-4,7,18H,5-6,8H2,1-2H3,(H2,16,17,19). The summed E-state index contributed by atoms with van der Waals surface area (Å²) in [5, 5.41) is 13.8. The molecule has 0 fully saturated rings. The van der Waals surface area contributed by atoms with Gasteiger partial charge in [-0.15, -0.1) is 0 Å². The second kappa shape index (κ2) is 7.16. The fourth-order valence-electron chi connectivity index (χ4n) is 1.75. The van der Waals surface area contributed by atoms with Crippen LogP contribution in [0.25, 0.3) is 0 Å². The molecule has 1 aromatic rings. The average molecular weight is 288 g/mol. The van der Waals surface area contributed by atoms with Gasteiger partial charge in [-0.25, -0.2) is 13.6 Å². The number of benzene rings is 1. The number of rotatable bonds is 6. The molecule has 5 nitrogen and oxygen atoms in total. The van der Waals surface area contributed by atoms with Crippen molar-refractivity contribution >= 4 is 11.7 Å². The summed E-state index contributed by atoms with van der Waals surface area (Å²) in [6.45, 7) is 1.74. The number of halogens is 2. The zero-order valence-corrected chi connectivity index (χ0v) is 11.4. The maximum Gasteiger partial charge on any atom is 0.319 e. The van der Waals surface area contributed by atoms with Crippen LogP contribution in [0.5, 0.6) is 0 Å². The lowest BCUT2D eigenvalue weighted by Gasteiger charge is -2.29. The molecule has 0 saturated carbocycles. The maximum absolute atomic E-state index is 13.4. The molecular formula is C13H18F2N2O3. The van der Waals surface area contributed by atoms with Crippen LogP contribution in [0.3, 0.4) is 0 Å². The van der Waals surface area contributed by atoms with Crippen LogP contribution in [0.2, 0.25) is 0 Å². The molecule has 0 aliphatic carbocycles. The highest BCUT2D eigenvalue weighted by Crippen LogP contribution is 2.16. The van der Waals surface area contributed by atoms with Gasteiger partial charge in [-0.2, -0.15) is 0 Å². The zero-order chi connectivity index (χ0) is 15.2. The monoisotopic (exact) mass is 288 g/mol. The molecule has 1 rings (SSSR count). The number of methoxy groups -OCH3 is 1. The topological polar surface area (TPSA) is 70.6 Å². The number of aliphatic hydroxyl groups is 1. The SMILES string of the molecule is COCC(C)(CCO)NC(=O)Nc1ccc(F)cc1F. The Morgan fingerprint density at radius 2 is 2.15 bits per heavy atom. The van der Waals surface area contributed by atoms with E-state index in [-0.39, 0.29) is 25.3 Å². The molecule has 112 valence electrons. The highest BCUT2D eigenvalue weighted by molar-refractivity contribution is 5.89. The van der Waals surface area contributed by atoms with Crippen molar-refractivity contribution in [3.05, 3.63) is 29.8 Å². The van der Waals surface area contributed by atoms with Crippen molar-refractivity contribution in [1.82, 2.24) is 5.32 Å². The van der Waals surface area contributed by atoms with E-state index in [9.17, 15) is 13.6 Å². The van der Waals surface area contributed by atoms with Crippen LogP contribution < -0.4 is 10.6 Å². The van der Waals surface area contributed by atoms with Crippen LogP contribution in [0, 0.1) is 11.6 Å². The molecule has 1 atom stereocenters. The molecule has 0 saturated heterocycles. The Morgan fingerprint density at radius 3 is 2.70 bits per heavy atom. The predicted molar refractivity (Wildman–Crippen MR) is 70.5 cm³/mol. The molecule has 0 aliphatic rings. The number of amides is 2. The number of ether oxygens (including phenoxy) is 1. The molecule has 3 N–H and O–H groups in total. The van der Waals surface area contributed by atoms with Crippen LogP contribution in [0.15, 0.2) is 18.2 Å². The molecule has 0 heterocycles. The van der Waals surface area contributed by atoms with E-state index in [2.05, 4.69) is 10.6 Å². The third-order valence-electron chi connectivity index (χ3n) is 2.72. The van der Waals surface area contributed by atoms with Crippen LogP contribution in [-0.2, 0) is 4.74 Å². The van der Waals surface area contributed by atoms with E-state index < -0.39 is 23.2 Å². The van der Waals surface area contributed by atoms with Crippen LogP contribution in [-0.4, -0.2) is 37.0 Å². The summed E-state index contributed by atoms with van der Waals surface area (Å²) in [4.78, 5) is 11.8. The molecule has 7 heteroatoms. The third kappa shape index (κ3) is 4.75. The fraction of sp³-hybridized carbons (Fsp3) is 0.462. The molecule has 1 unspecified atom stereocenters. The summed E-state index contributed by atoms with van der Waals surface area (Å²) < 4.78 is 31.1. The van der Waals surface area contributed by atoms with E-state index in [0.29, 0.717) is 6.07 Å². The Hall–Kier alpha value is -1.73. The third-order valence-corrected chi connectivity index (χ3v) is 2.72. The average Bonchev–Trinajstić information content (AvgIpc) is 2.33. The summed E-state index contributed by atoms with van der Waals surface area (Å²) >= 11 is 0. The number of aliphatic hydroxyl groups excluding tert-OH is 1. The lowest BCUT2D eigenvalue weighted by molar-refractivity contribution is 0.104. The van der Waals surface area contributed by atoms with Gasteiger partial charge in [-0.1, -0.05) is 0 Å². The minimum Gasteiger partial charge on any atom is -0.396 e. The van der Waals surface area contributed by atoms with Crippen LogP contribution >= 0.6 is 0 Å². The highest BCUT2D eigenvalue weighted by Gasteiger charge is 2.26. The minimum atomic E-state index is -0.865. The molecule has 0 radical (unpaired) electrons. The van der Waals surface area contributed by atoms with Crippen molar-refractivity contribution in [3.63, 3.8) is 0 Å². The van der Waals surface area contributed by atoms with Gasteiger partial charge in [-0.05, 0) is 25.5 Å². The van der Waals surface area contributed by atoms with Gasteiger partial charge in [0, 0.05) is 19.8 Å². The summed E-state index contributed by atoms with van der Waals surface area (Å²) in [6, 6.07) is 2.19.